The summed E-state index contributed by atoms with van der Waals surface area (Å²) in [5.41, 5.74) is 4.51. The molecular weight excluding hydrogens is 346 g/mol. The Hall–Kier alpha value is -3.26. The summed E-state index contributed by atoms with van der Waals surface area (Å²) in [6, 6.07) is 7.86. The quantitative estimate of drug-likeness (QED) is 0.345. The zero-order valence-corrected chi connectivity index (χ0v) is 14.8. The number of carbonyl (C=O) groups excluding carboxylic acids is 2. The van der Waals surface area contributed by atoms with Crippen LogP contribution in [0, 0.1) is 0 Å². The van der Waals surface area contributed by atoms with Gasteiger partial charge >= 0.3 is 0 Å². The lowest BCUT2D eigenvalue weighted by Gasteiger charge is -2.18. The van der Waals surface area contributed by atoms with Crippen LogP contribution in [0.2, 0.25) is 0 Å². The average Bonchev–Trinajstić information content (AvgIpc) is 3.09. The van der Waals surface area contributed by atoms with Gasteiger partial charge in [0, 0.05) is 12.1 Å². The number of hydroxylamine groups is 1. The number of aromatic nitrogens is 2. The van der Waals surface area contributed by atoms with Gasteiger partial charge in [0.2, 0.25) is 5.91 Å². The predicted molar refractivity (Wildman–Crippen MR) is 99.9 cm³/mol. The first-order valence-electron chi connectivity index (χ1n) is 8.63. The van der Waals surface area contributed by atoms with Gasteiger partial charge in [-0.25, -0.2) is 10.5 Å². The van der Waals surface area contributed by atoms with Crippen LogP contribution in [0.4, 0.5) is 5.82 Å². The predicted octanol–water partition coefficient (Wildman–Crippen LogP) is 1.08. The third kappa shape index (κ3) is 4.89. The van der Waals surface area contributed by atoms with Crippen molar-refractivity contribution in [3.8, 4) is 0 Å². The summed E-state index contributed by atoms with van der Waals surface area (Å²) in [5.74, 6) is -0.298. The van der Waals surface area contributed by atoms with Crippen LogP contribution >= 0.6 is 0 Å². The molecule has 2 amide bonds. The molecule has 8 nitrogen and oxygen atoms in total. The second-order valence-corrected chi connectivity index (χ2v) is 6.38. The van der Waals surface area contributed by atoms with E-state index in [4.69, 9.17) is 5.21 Å². The van der Waals surface area contributed by atoms with Gasteiger partial charge in [0.25, 0.3) is 5.91 Å². The van der Waals surface area contributed by atoms with Gasteiger partial charge in [-0.05, 0) is 37.0 Å². The van der Waals surface area contributed by atoms with E-state index in [1.807, 2.05) is 12.1 Å². The molecule has 1 heterocycles. The Bertz CT molecular complexity index is 826. The minimum atomic E-state index is -0.654. The molecule has 1 atom stereocenters. The van der Waals surface area contributed by atoms with Crippen molar-refractivity contribution in [1.29, 1.82) is 0 Å². The third-order valence-corrected chi connectivity index (χ3v) is 4.34. The first-order valence-corrected chi connectivity index (χ1v) is 8.63. The van der Waals surface area contributed by atoms with Crippen molar-refractivity contribution in [2.45, 2.75) is 31.8 Å². The largest absolute Gasteiger partial charge is 0.357 e. The second-order valence-electron chi connectivity index (χ2n) is 6.38. The molecule has 0 saturated heterocycles. The summed E-state index contributed by atoms with van der Waals surface area (Å²) in [5, 5.41) is 14.5. The molecule has 1 aromatic heterocycles. The number of anilines is 1. The molecule has 140 valence electrons. The number of rotatable bonds is 6. The topological polar surface area (TPSA) is 116 Å². The highest BCUT2D eigenvalue weighted by atomic mass is 16.5. The highest BCUT2D eigenvalue weighted by Crippen LogP contribution is 2.21. The molecule has 0 unspecified atom stereocenters. The molecule has 4 N–H and O–H groups in total. The van der Waals surface area contributed by atoms with Gasteiger partial charge in [0.05, 0.1) is 18.1 Å². The fourth-order valence-corrected chi connectivity index (χ4v) is 2.97. The van der Waals surface area contributed by atoms with Crippen LogP contribution in [0.1, 0.15) is 23.7 Å². The van der Waals surface area contributed by atoms with E-state index in [-0.39, 0.29) is 11.9 Å². The Morgan fingerprint density at radius 3 is 2.48 bits per heavy atom. The van der Waals surface area contributed by atoms with Gasteiger partial charge in [0.15, 0.2) is 0 Å². The molecule has 0 spiro atoms. The lowest BCUT2D eigenvalue weighted by Crippen LogP contribution is -2.43. The van der Waals surface area contributed by atoms with E-state index in [9.17, 15) is 9.59 Å². The summed E-state index contributed by atoms with van der Waals surface area (Å²) in [6.07, 6.45) is 7.17. The van der Waals surface area contributed by atoms with Crippen molar-refractivity contribution < 1.29 is 14.8 Å². The van der Waals surface area contributed by atoms with Gasteiger partial charge in [-0.3, -0.25) is 19.8 Å². The van der Waals surface area contributed by atoms with Crippen LogP contribution in [0.5, 0.6) is 0 Å². The number of hydrogen-bond donors (Lipinski definition) is 4. The van der Waals surface area contributed by atoms with E-state index in [0.717, 1.165) is 18.9 Å². The molecule has 2 aromatic rings. The smallest absolute Gasteiger partial charge is 0.267 e. The van der Waals surface area contributed by atoms with Crippen molar-refractivity contribution in [1.82, 2.24) is 20.8 Å². The van der Waals surface area contributed by atoms with Crippen LogP contribution in [0.25, 0.3) is 6.08 Å². The maximum absolute atomic E-state index is 12.4. The maximum atomic E-state index is 12.4. The van der Waals surface area contributed by atoms with E-state index in [1.165, 1.54) is 35.1 Å². The summed E-state index contributed by atoms with van der Waals surface area (Å²) >= 11 is 0. The molecule has 0 fully saturated rings. The maximum Gasteiger partial charge on any atom is 0.267 e. The third-order valence-electron chi connectivity index (χ3n) is 4.34. The van der Waals surface area contributed by atoms with E-state index in [1.54, 1.807) is 6.92 Å². The fourth-order valence-electron chi connectivity index (χ4n) is 2.97. The van der Waals surface area contributed by atoms with Crippen LogP contribution in [0.3, 0.4) is 0 Å². The highest BCUT2D eigenvalue weighted by molar-refractivity contribution is 5.90. The van der Waals surface area contributed by atoms with Crippen LogP contribution in [-0.2, 0) is 22.4 Å². The number of nitrogens with one attached hydrogen (secondary N) is 3. The van der Waals surface area contributed by atoms with E-state index < -0.39 is 11.9 Å². The van der Waals surface area contributed by atoms with Crippen molar-refractivity contribution in [3.63, 3.8) is 0 Å². The SMILES string of the molecule is C[C@@H](Nc1cnc(C=CC(=O)NO)cn1)C(=O)NC1Cc2ccccc2C1. The molecule has 1 aliphatic rings. The number of benzene rings is 1. The molecule has 27 heavy (non-hydrogen) atoms. The minimum Gasteiger partial charge on any atom is -0.357 e. The summed E-state index contributed by atoms with van der Waals surface area (Å²) in [4.78, 5) is 31.7. The van der Waals surface area contributed by atoms with E-state index >= 15 is 0 Å². The van der Waals surface area contributed by atoms with Gasteiger partial charge in [-0.1, -0.05) is 24.3 Å². The lowest BCUT2D eigenvalue weighted by atomic mass is 10.1. The Labute approximate surface area is 156 Å². The number of amides is 2. The second kappa shape index (κ2) is 8.41. The number of hydrogen-bond acceptors (Lipinski definition) is 6. The first-order chi connectivity index (χ1) is 13.0. The Morgan fingerprint density at radius 2 is 1.89 bits per heavy atom. The lowest BCUT2D eigenvalue weighted by molar-refractivity contribution is -0.124. The Morgan fingerprint density at radius 1 is 1.19 bits per heavy atom. The van der Waals surface area contributed by atoms with Gasteiger partial charge < -0.3 is 10.6 Å². The molecular formula is C19H21N5O3. The van der Waals surface area contributed by atoms with Crippen molar-refractivity contribution >= 4 is 23.7 Å². The first kappa shape index (κ1) is 18.5. The monoisotopic (exact) mass is 367 g/mol. The van der Waals surface area contributed by atoms with Gasteiger partial charge in [-0.15, -0.1) is 0 Å². The summed E-state index contributed by atoms with van der Waals surface area (Å²) in [6.45, 7) is 1.76. The van der Waals surface area contributed by atoms with E-state index in [0.29, 0.717) is 11.5 Å². The standard InChI is InChI=1S/C19H21N5O3/c1-12(19(26)23-16-8-13-4-2-3-5-14(13)9-16)22-17-11-20-15(10-21-17)6-7-18(25)24-27/h2-7,10-12,16,27H,8-9H2,1H3,(H,21,22)(H,23,26)(H,24,25)/t12-/m1/s1. The average molecular weight is 367 g/mol. The van der Waals surface area contributed by atoms with Crippen LogP contribution in [0.15, 0.2) is 42.7 Å². The summed E-state index contributed by atoms with van der Waals surface area (Å²) in [7, 11) is 0. The Balaban J connectivity index is 1.51. The van der Waals surface area contributed by atoms with Crippen LogP contribution < -0.4 is 16.1 Å². The van der Waals surface area contributed by atoms with Crippen LogP contribution in [-0.4, -0.2) is 39.1 Å². The zero-order chi connectivity index (χ0) is 19.2. The minimum absolute atomic E-state index is 0.0989. The fraction of sp³-hybridized carbons (Fsp3) is 0.263. The molecule has 0 bridgehead atoms. The molecule has 1 aliphatic carbocycles. The molecule has 1 aromatic carbocycles. The zero-order valence-electron chi connectivity index (χ0n) is 14.8. The summed E-state index contributed by atoms with van der Waals surface area (Å²) < 4.78 is 0. The number of carbonyl (C=O) groups is 2. The molecule has 8 heteroatoms. The highest BCUT2D eigenvalue weighted by Gasteiger charge is 2.24. The van der Waals surface area contributed by atoms with Gasteiger partial charge in [0.1, 0.15) is 11.9 Å². The van der Waals surface area contributed by atoms with Crippen molar-refractivity contribution in [2.24, 2.45) is 0 Å². The van der Waals surface area contributed by atoms with E-state index in [2.05, 4.69) is 32.7 Å². The van der Waals surface area contributed by atoms with Crippen molar-refractivity contribution in [3.05, 3.63) is 59.6 Å². The Kier molecular flexibility index (Phi) is 5.77. The normalized spacial score (nSPS) is 14.6. The molecule has 3 rings (SSSR count). The molecule has 0 saturated carbocycles. The molecule has 0 aliphatic heterocycles. The van der Waals surface area contributed by atoms with Gasteiger partial charge in [-0.2, -0.15) is 0 Å². The number of nitrogens with zero attached hydrogens (tertiary/aromatic N) is 2. The molecule has 0 radical (unpaired) electrons. The van der Waals surface area contributed by atoms with Crippen molar-refractivity contribution in [2.75, 3.05) is 5.32 Å². The number of fused-ring (bicyclic) bond motifs is 1.